The maximum Gasteiger partial charge on any atom is 0.248 e. The monoisotopic (exact) mass is 199 g/mol. The quantitative estimate of drug-likeness (QED) is 0.630. The third kappa shape index (κ3) is 2.15. The van der Waals surface area contributed by atoms with E-state index in [-0.39, 0.29) is 0 Å². The molecular weight excluding hydrogens is 184 g/mol. The van der Waals surface area contributed by atoms with E-state index in [4.69, 9.17) is 0 Å². The van der Waals surface area contributed by atoms with Gasteiger partial charge in [-0.3, -0.25) is 0 Å². The van der Waals surface area contributed by atoms with Gasteiger partial charge in [-0.25, -0.2) is 9.48 Å². The Labute approximate surface area is 90.5 Å². The molecule has 1 aliphatic rings. The summed E-state index contributed by atoms with van der Waals surface area (Å²) in [6.45, 7) is 2.12. The number of para-hydroxylation sites is 1. The van der Waals surface area contributed by atoms with Gasteiger partial charge in [-0.15, -0.1) is 0 Å². The van der Waals surface area contributed by atoms with Crippen LogP contribution >= 0.6 is 0 Å². The summed E-state index contributed by atoms with van der Waals surface area (Å²) in [7, 11) is 2.02. The maximum absolute atomic E-state index is 2.12. The molecule has 0 fully saturated rings. The molecule has 0 aliphatic carbocycles. The first-order valence-electron chi connectivity index (χ1n) is 5.03. The number of anilines is 1. The highest BCUT2D eigenvalue weighted by atomic mass is 15.2. The maximum atomic E-state index is 2.12. The normalized spacial score (nSPS) is 15.1. The fourth-order valence-corrected chi connectivity index (χ4v) is 1.60. The molecule has 0 spiro atoms. The van der Waals surface area contributed by atoms with Crippen LogP contribution in [0.3, 0.4) is 0 Å². The molecule has 0 N–H and O–H groups in total. The van der Waals surface area contributed by atoms with Gasteiger partial charge in [-0.1, -0.05) is 18.2 Å². The topological polar surface area (TPSA) is 6.25 Å². The molecule has 0 saturated carbocycles. The lowest BCUT2D eigenvalue weighted by Gasteiger charge is -2.09. The van der Waals surface area contributed by atoms with E-state index in [1.807, 2.05) is 30.0 Å². The summed E-state index contributed by atoms with van der Waals surface area (Å²) in [6, 6.07) is 8.36. The summed E-state index contributed by atoms with van der Waals surface area (Å²) in [4.78, 5) is 2.12. The zero-order valence-corrected chi connectivity index (χ0v) is 9.09. The van der Waals surface area contributed by atoms with Crippen molar-refractivity contribution in [2.45, 2.75) is 6.92 Å². The van der Waals surface area contributed by atoms with Gasteiger partial charge in [0.15, 0.2) is 0 Å². The molecule has 0 aromatic heterocycles. The fraction of sp³-hybridized carbons (Fsp3) is 0.154. The van der Waals surface area contributed by atoms with Gasteiger partial charge >= 0.3 is 0 Å². The van der Waals surface area contributed by atoms with Crippen molar-refractivity contribution >= 4 is 12.0 Å². The summed E-state index contributed by atoms with van der Waals surface area (Å²) in [6.07, 6.45) is 10.2. The number of hydrogen-bond acceptors (Lipinski definition) is 1. The lowest BCUT2D eigenvalue weighted by molar-refractivity contribution is -0.417. The van der Waals surface area contributed by atoms with Crippen LogP contribution in [0, 0.1) is 6.92 Å². The number of rotatable bonds is 1. The zero-order valence-electron chi connectivity index (χ0n) is 9.09. The molecule has 1 aromatic rings. The van der Waals surface area contributed by atoms with Crippen molar-refractivity contribution in [2.24, 2.45) is 0 Å². The van der Waals surface area contributed by atoms with Crippen LogP contribution in [0.1, 0.15) is 5.56 Å². The van der Waals surface area contributed by atoms with Gasteiger partial charge in [0.05, 0.1) is 19.4 Å². The standard InChI is InChI=1S/C13H15N2/c1-12-7-3-4-8-13(12)15-10-6-5-9-14(2)11-15/h3-11H,1-2H3/q+1. The Hall–Kier alpha value is -1.83. The van der Waals surface area contributed by atoms with Crippen LogP contribution in [0.4, 0.5) is 5.69 Å². The minimum atomic E-state index is 1.21. The average Bonchev–Trinajstić information content (AvgIpc) is 2.43. The molecule has 1 heterocycles. The van der Waals surface area contributed by atoms with E-state index >= 15 is 0 Å². The molecule has 1 aliphatic heterocycles. The molecule has 0 amide bonds. The van der Waals surface area contributed by atoms with Crippen LogP contribution in [-0.4, -0.2) is 18.0 Å². The molecule has 2 heteroatoms. The van der Waals surface area contributed by atoms with Gasteiger partial charge in [0.2, 0.25) is 6.34 Å². The Morgan fingerprint density at radius 3 is 2.73 bits per heavy atom. The van der Waals surface area contributed by atoms with Crippen molar-refractivity contribution < 1.29 is 4.58 Å². The SMILES string of the molecule is Cc1ccccc1N1C=CC=C[N+](C)=C1. The molecule has 0 radical (unpaired) electrons. The summed E-state index contributed by atoms with van der Waals surface area (Å²) < 4.78 is 2.03. The highest BCUT2D eigenvalue weighted by Crippen LogP contribution is 2.18. The second-order valence-electron chi connectivity index (χ2n) is 3.66. The van der Waals surface area contributed by atoms with E-state index in [0.717, 1.165) is 0 Å². The number of aryl methyl sites for hydroxylation is 1. The van der Waals surface area contributed by atoms with Gasteiger partial charge in [0.25, 0.3) is 0 Å². The zero-order chi connectivity index (χ0) is 10.7. The summed E-state index contributed by atoms with van der Waals surface area (Å²) in [5.41, 5.74) is 2.48. The van der Waals surface area contributed by atoms with Crippen molar-refractivity contribution in [3.05, 3.63) is 54.4 Å². The van der Waals surface area contributed by atoms with Gasteiger partial charge in [-0.05, 0) is 30.7 Å². The van der Waals surface area contributed by atoms with E-state index < -0.39 is 0 Å². The molecule has 0 bridgehead atoms. The van der Waals surface area contributed by atoms with E-state index in [1.54, 1.807) is 0 Å². The minimum Gasteiger partial charge on any atom is -0.243 e. The van der Waals surface area contributed by atoms with Crippen molar-refractivity contribution in [1.29, 1.82) is 0 Å². The van der Waals surface area contributed by atoms with Gasteiger partial charge in [0, 0.05) is 0 Å². The Morgan fingerprint density at radius 1 is 1.13 bits per heavy atom. The highest BCUT2D eigenvalue weighted by Gasteiger charge is 2.11. The molecule has 0 saturated heterocycles. The molecule has 1 aromatic carbocycles. The first kappa shape index (κ1) is 9.71. The van der Waals surface area contributed by atoms with Crippen LogP contribution < -0.4 is 4.90 Å². The molecule has 76 valence electrons. The largest absolute Gasteiger partial charge is 0.248 e. The van der Waals surface area contributed by atoms with E-state index in [1.165, 1.54) is 11.3 Å². The van der Waals surface area contributed by atoms with Crippen LogP contribution in [0.25, 0.3) is 0 Å². The predicted molar refractivity (Wildman–Crippen MR) is 64.2 cm³/mol. The summed E-state index contributed by atoms with van der Waals surface area (Å²) >= 11 is 0. The fourth-order valence-electron chi connectivity index (χ4n) is 1.60. The number of allylic oxidation sites excluding steroid dienone is 2. The van der Waals surface area contributed by atoms with Crippen molar-refractivity contribution in [3.8, 4) is 0 Å². The van der Waals surface area contributed by atoms with Crippen molar-refractivity contribution in [1.82, 2.24) is 0 Å². The first-order valence-corrected chi connectivity index (χ1v) is 5.03. The van der Waals surface area contributed by atoms with E-state index in [9.17, 15) is 0 Å². The first-order chi connectivity index (χ1) is 7.27. The smallest absolute Gasteiger partial charge is 0.243 e. The number of hydrogen-bond donors (Lipinski definition) is 0. The van der Waals surface area contributed by atoms with Crippen LogP contribution in [0.2, 0.25) is 0 Å². The third-order valence-corrected chi connectivity index (χ3v) is 2.38. The Kier molecular flexibility index (Phi) is 2.68. The molecule has 2 nitrogen and oxygen atoms in total. The van der Waals surface area contributed by atoms with Crippen LogP contribution in [-0.2, 0) is 0 Å². The highest BCUT2D eigenvalue weighted by molar-refractivity contribution is 5.80. The number of benzene rings is 1. The van der Waals surface area contributed by atoms with E-state index in [2.05, 4.69) is 48.6 Å². The number of nitrogens with zero attached hydrogens (tertiary/aromatic N) is 2. The van der Waals surface area contributed by atoms with Gasteiger partial charge in [-0.2, -0.15) is 0 Å². The second-order valence-corrected chi connectivity index (χ2v) is 3.66. The minimum absolute atomic E-state index is 1.21. The summed E-state index contributed by atoms with van der Waals surface area (Å²) in [5, 5.41) is 0. The van der Waals surface area contributed by atoms with Crippen LogP contribution in [0.5, 0.6) is 0 Å². The summed E-state index contributed by atoms with van der Waals surface area (Å²) in [5.74, 6) is 0. The lowest BCUT2D eigenvalue weighted by Crippen LogP contribution is -2.19. The Morgan fingerprint density at radius 2 is 1.93 bits per heavy atom. The molecular formula is C13H15N2+. The van der Waals surface area contributed by atoms with Crippen molar-refractivity contribution in [2.75, 3.05) is 11.9 Å². The van der Waals surface area contributed by atoms with Gasteiger partial charge < -0.3 is 0 Å². The third-order valence-electron chi connectivity index (χ3n) is 2.38. The average molecular weight is 199 g/mol. The molecule has 15 heavy (non-hydrogen) atoms. The van der Waals surface area contributed by atoms with Gasteiger partial charge in [0.1, 0.15) is 5.69 Å². The predicted octanol–water partition coefficient (Wildman–Crippen LogP) is 2.51. The van der Waals surface area contributed by atoms with E-state index in [0.29, 0.717) is 0 Å². The second kappa shape index (κ2) is 4.13. The van der Waals surface area contributed by atoms with Crippen molar-refractivity contribution in [3.63, 3.8) is 0 Å². The Bertz CT molecular complexity index is 442. The molecule has 0 atom stereocenters. The molecule has 0 unspecified atom stereocenters. The van der Waals surface area contributed by atoms with Crippen LogP contribution in [0.15, 0.2) is 48.8 Å². The lowest BCUT2D eigenvalue weighted by atomic mass is 10.2. The Balaban J connectivity index is 2.40. The molecule has 2 rings (SSSR count).